The van der Waals surface area contributed by atoms with Gasteiger partial charge in [-0.3, -0.25) is 9.59 Å². The molecule has 1 heterocycles. The zero-order valence-electron chi connectivity index (χ0n) is 10.5. The Hall–Kier alpha value is -0.810. The van der Waals surface area contributed by atoms with Crippen molar-refractivity contribution in [2.45, 2.75) is 32.7 Å². The van der Waals surface area contributed by atoms with Crippen LogP contribution >= 0.6 is 12.4 Å². The standard InChI is InChI=1S/C11H21N3O2.ClH/c1-3-12-10(15)8-14(4-2)11(16)9-6-5-7-13-9;/h9,13H,3-8H2,1-2H3,(H,12,15);1H. The third kappa shape index (κ3) is 4.91. The summed E-state index contributed by atoms with van der Waals surface area (Å²) in [6.45, 7) is 6.01. The third-order valence-electron chi connectivity index (χ3n) is 2.76. The molecule has 0 saturated carbocycles. The Bertz CT molecular complexity index is 255. The highest BCUT2D eigenvalue weighted by Crippen LogP contribution is 2.08. The summed E-state index contributed by atoms with van der Waals surface area (Å²) in [5.74, 6) is -0.0399. The number of halogens is 1. The SMILES string of the molecule is CCNC(=O)CN(CC)C(=O)C1CCCN1.Cl. The lowest BCUT2D eigenvalue weighted by Gasteiger charge is -2.23. The van der Waals surface area contributed by atoms with Crippen molar-refractivity contribution >= 4 is 24.2 Å². The maximum atomic E-state index is 12.0. The summed E-state index contributed by atoms with van der Waals surface area (Å²) in [4.78, 5) is 25.0. The minimum Gasteiger partial charge on any atom is -0.355 e. The van der Waals surface area contributed by atoms with E-state index < -0.39 is 0 Å². The van der Waals surface area contributed by atoms with Gasteiger partial charge in [0.25, 0.3) is 0 Å². The normalized spacial score (nSPS) is 18.4. The second kappa shape index (κ2) is 8.31. The number of nitrogens with one attached hydrogen (secondary N) is 2. The Morgan fingerprint density at radius 1 is 1.41 bits per heavy atom. The van der Waals surface area contributed by atoms with Gasteiger partial charge in [0.1, 0.15) is 0 Å². The Balaban J connectivity index is 0.00000256. The highest BCUT2D eigenvalue weighted by molar-refractivity contribution is 5.87. The number of nitrogens with zero attached hydrogens (tertiary/aromatic N) is 1. The van der Waals surface area contributed by atoms with E-state index in [9.17, 15) is 9.59 Å². The van der Waals surface area contributed by atoms with Crippen LogP contribution in [0, 0.1) is 0 Å². The molecule has 0 aliphatic carbocycles. The minimum atomic E-state index is -0.0885. The van der Waals surface area contributed by atoms with Crippen LogP contribution in [0.3, 0.4) is 0 Å². The summed E-state index contributed by atoms with van der Waals surface area (Å²) < 4.78 is 0. The van der Waals surface area contributed by atoms with E-state index in [-0.39, 0.29) is 36.8 Å². The molecule has 1 saturated heterocycles. The summed E-state index contributed by atoms with van der Waals surface area (Å²) in [6.07, 6.45) is 1.92. The Kier molecular flexibility index (Phi) is 7.91. The van der Waals surface area contributed by atoms with Crippen molar-refractivity contribution < 1.29 is 9.59 Å². The first kappa shape index (κ1) is 16.2. The summed E-state index contributed by atoms with van der Waals surface area (Å²) in [7, 11) is 0. The molecule has 1 unspecified atom stereocenters. The molecular formula is C11H22ClN3O2. The Labute approximate surface area is 109 Å². The average Bonchev–Trinajstić information content (AvgIpc) is 2.78. The molecule has 0 aromatic rings. The van der Waals surface area contributed by atoms with Crippen molar-refractivity contribution in [3.05, 3.63) is 0 Å². The van der Waals surface area contributed by atoms with Crippen LogP contribution in [0.4, 0.5) is 0 Å². The Morgan fingerprint density at radius 3 is 2.59 bits per heavy atom. The Morgan fingerprint density at radius 2 is 2.12 bits per heavy atom. The van der Waals surface area contributed by atoms with E-state index in [4.69, 9.17) is 0 Å². The summed E-state index contributed by atoms with van der Waals surface area (Å²) in [6, 6.07) is -0.0885. The topological polar surface area (TPSA) is 61.4 Å². The largest absolute Gasteiger partial charge is 0.355 e. The third-order valence-corrected chi connectivity index (χ3v) is 2.76. The molecule has 5 nitrogen and oxygen atoms in total. The summed E-state index contributed by atoms with van der Waals surface area (Å²) >= 11 is 0. The molecule has 100 valence electrons. The first-order chi connectivity index (χ1) is 7.69. The number of amides is 2. The lowest BCUT2D eigenvalue weighted by molar-refractivity contribution is -0.137. The van der Waals surface area contributed by atoms with Gasteiger partial charge in [0.15, 0.2) is 0 Å². The number of carbonyl (C=O) groups excluding carboxylic acids is 2. The van der Waals surface area contributed by atoms with Gasteiger partial charge in [0.2, 0.25) is 11.8 Å². The van der Waals surface area contributed by atoms with E-state index in [1.165, 1.54) is 0 Å². The molecule has 1 atom stereocenters. The van der Waals surface area contributed by atoms with Crippen LogP contribution in [0.15, 0.2) is 0 Å². The van der Waals surface area contributed by atoms with E-state index in [0.29, 0.717) is 13.1 Å². The van der Waals surface area contributed by atoms with Gasteiger partial charge in [0, 0.05) is 13.1 Å². The fourth-order valence-corrected chi connectivity index (χ4v) is 1.89. The van der Waals surface area contributed by atoms with E-state index in [1.807, 2.05) is 13.8 Å². The van der Waals surface area contributed by atoms with Crippen LogP contribution in [0.5, 0.6) is 0 Å². The molecule has 1 aliphatic heterocycles. The molecule has 17 heavy (non-hydrogen) atoms. The molecule has 2 N–H and O–H groups in total. The van der Waals surface area contributed by atoms with Crippen molar-refractivity contribution in [3.63, 3.8) is 0 Å². The van der Waals surface area contributed by atoms with E-state index in [1.54, 1.807) is 4.90 Å². The van der Waals surface area contributed by atoms with Crippen molar-refractivity contribution in [1.82, 2.24) is 15.5 Å². The maximum Gasteiger partial charge on any atom is 0.240 e. The molecule has 0 spiro atoms. The highest BCUT2D eigenvalue weighted by Gasteiger charge is 2.26. The molecule has 1 aliphatic rings. The minimum absolute atomic E-state index is 0. The number of likely N-dealkylation sites (N-methyl/N-ethyl adjacent to an activating group) is 2. The molecule has 0 bridgehead atoms. The van der Waals surface area contributed by atoms with Gasteiger partial charge >= 0.3 is 0 Å². The quantitative estimate of drug-likeness (QED) is 0.742. The van der Waals surface area contributed by atoms with E-state index in [2.05, 4.69) is 10.6 Å². The molecule has 6 heteroatoms. The number of carbonyl (C=O) groups is 2. The van der Waals surface area contributed by atoms with Crippen molar-refractivity contribution in [2.24, 2.45) is 0 Å². The molecular weight excluding hydrogens is 242 g/mol. The van der Waals surface area contributed by atoms with Crippen molar-refractivity contribution in [3.8, 4) is 0 Å². The van der Waals surface area contributed by atoms with Gasteiger partial charge < -0.3 is 15.5 Å². The lowest BCUT2D eigenvalue weighted by atomic mass is 10.2. The van der Waals surface area contributed by atoms with Crippen LogP contribution in [-0.4, -0.2) is 48.9 Å². The van der Waals surface area contributed by atoms with Gasteiger partial charge in [0.05, 0.1) is 12.6 Å². The van der Waals surface area contributed by atoms with Crippen LogP contribution in [0.1, 0.15) is 26.7 Å². The number of rotatable bonds is 5. The van der Waals surface area contributed by atoms with Gasteiger partial charge in [-0.2, -0.15) is 0 Å². The fourth-order valence-electron chi connectivity index (χ4n) is 1.89. The van der Waals surface area contributed by atoms with Crippen molar-refractivity contribution in [2.75, 3.05) is 26.2 Å². The second-order valence-corrected chi connectivity index (χ2v) is 3.95. The summed E-state index contributed by atoms with van der Waals surface area (Å²) in [5.41, 5.74) is 0. The smallest absolute Gasteiger partial charge is 0.240 e. The van der Waals surface area contributed by atoms with E-state index in [0.717, 1.165) is 19.4 Å². The van der Waals surface area contributed by atoms with Gasteiger partial charge in [-0.25, -0.2) is 0 Å². The van der Waals surface area contributed by atoms with Crippen LogP contribution in [-0.2, 0) is 9.59 Å². The molecule has 2 amide bonds. The zero-order valence-corrected chi connectivity index (χ0v) is 11.3. The first-order valence-corrected chi connectivity index (χ1v) is 5.97. The predicted octanol–water partition coefficient (Wildman–Crippen LogP) is 0.145. The van der Waals surface area contributed by atoms with Gasteiger partial charge in [-0.05, 0) is 33.2 Å². The van der Waals surface area contributed by atoms with Crippen LogP contribution in [0.2, 0.25) is 0 Å². The second-order valence-electron chi connectivity index (χ2n) is 3.95. The molecule has 0 aromatic carbocycles. The maximum absolute atomic E-state index is 12.0. The number of hydrogen-bond acceptors (Lipinski definition) is 3. The van der Waals surface area contributed by atoms with Crippen molar-refractivity contribution in [1.29, 1.82) is 0 Å². The average molecular weight is 264 g/mol. The fraction of sp³-hybridized carbons (Fsp3) is 0.818. The lowest BCUT2D eigenvalue weighted by Crippen LogP contribution is -2.47. The first-order valence-electron chi connectivity index (χ1n) is 5.97. The zero-order chi connectivity index (χ0) is 12.0. The summed E-state index contributed by atoms with van der Waals surface area (Å²) in [5, 5.41) is 5.86. The highest BCUT2D eigenvalue weighted by atomic mass is 35.5. The number of hydrogen-bond donors (Lipinski definition) is 2. The van der Waals surface area contributed by atoms with Crippen LogP contribution in [0.25, 0.3) is 0 Å². The molecule has 1 fully saturated rings. The van der Waals surface area contributed by atoms with Gasteiger partial charge in [-0.1, -0.05) is 0 Å². The predicted molar refractivity (Wildman–Crippen MR) is 69.2 cm³/mol. The molecule has 0 aromatic heterocycles. The van der Waals surface area contributed by atoms with E-state index >= 15 is 0 Å². The molecule has 1 rings (SSSR count). The molecule has 0 radical (unpaired) electrons. The van der Waals surface area contributed by atoms with Crippen LogP contribution < -0.4 is 10.6 Å². The monoisotopic (exact) mass is 263 g/mol. The van der Waals surface area contributed by atoms with Gasteiger partial charge in [-0.15, -0.1) is 12.4 Å².